The number of fused-ring (bicyclic) bond motifs is 1. The number of nitrogens with two attached hydrogens (primary N) is 1. The second kappa shape index (κ2) is 6.04. The molecule has 1 atom stereocenters. The first kappa shape index (κ1) is 15.4. The van der Waals surface area contributed by atoms with E-state index in [-0.39, 0.29) is 17.9 Å². The molecule has 4 heterocycles. The molecule has 0 spiro atoms. The predicted octanol–water partition coefficient (Wildman–Crippen LogP) is 1.32. The average molecular weight is 337 g/mol. The van der Waals surface area contributed by atoms with Crippen LogP contribution < -0.4 is 16.0 Å². The van der Waals surface area contributed by atoms with Crippen molar-refractivity contribution in [3.63, 3.8) is 0 Å². The van der Waals surface area contributed by atoms with Crippen LogP contribution in [-0.2, 0) is 4.79 Å². The maximum atomic E-state index is 11.3. The molecule has 1 aliphatic rings. The summed E-state index contributed by atoms with van der Waals surface area (Å²) >= 11 is 0. The molecule has 8 nitrogen and oxygen atoms in total. The number of carbonyl (C=O) groups is 1. The van der Waals surface area contributed by atoms with E-state index in [0.29, 0.717) is 0 Å². The molecule has 0 aliphatic carbocycles. The summed E-state index contributed by atoms with van der Waals surface area (Å²) in [4.78, 5) is 29.5. The number of rotatable bonds is 3. The first-order valence-corrected chi connectivity index (χ1v) is 8.19. The number of anilines is 2. The average Bonchev–Trinajstić information content (AvgIpc) is 3.21. The van der Waals surface area contributed by atoms with E-state index in [0.717, 1.165) is 47.5 Å². The summed E-state index contributed by atoms with van der Waals surface area (Å²) in [6, 6.07) is 4.00. The van der Waals surface area contributed by atoms with Gasteiger partial charge in [-0.1, -0.05) is 0 Å². The number of amides is 1. The van der Waals surface area contributed by atoms with Crippen molar-refractivity contribution in [1.82, 2.24) is 25.3 Å². The molecule has 0 bridgehead atoms. The number of aromatic amines is 1. The highest BCUT2D eigenvalue weighted by Crippen LogP contribution is 2.35. The second-order valence-electron chi connectivity index (χ2n) is 6.19. The summed E-state index contributed by atoms with van der Waals surface area (Å²) in [7, 11) is 0. The number of nitrogens with zero attached hydrogens (tertiary/aromatic N) is 4. The highest BCUT2D eigenvalue weighted by atomic mass is 16.1. The van der Waals surface area contributed by atoms with E-state index in [9.17, 15) is 4.79 Å². The normalized spacial score (nSPS) is 17.2. The van der Waals surface area contributed by atoms with Crippen LogP contribution in [-0.4, -0.2) is 45.0 Å². The maximum Gasteiger partial charge on any atom is 0.220 e. The van der Waals surface area contributed by atoms with E-state index >= 15 is 0 Å². The molecule has 4 rings (SSSR count). The van der Waals surface area contributed by atoms with Gasteiger partial charge in [0.05, 0.1) is 16.8 Å². The van der Waals surface area contributed by atoms with Gasteiger partial charge in [0, 0.05) is 50.2 Å². The molecule has 0 aromatic carbocycles. The van der Waals surface area contributed by atoms with E-state index < -0.39 is 0 Å². The molecule has 3 aromatic heterocycles. The Morgan fingerprint density at radius 3 is 3.00 bits per heavy atom. The summed E-state index contributed by atoms with van der Waals surface area (Å²) in [6.07, 6.45) is 6.25. The third-order valence-corrected chi connectivity index (χ3v) is 4.44. The van der Waals surface area contributed by atoms with Gasteiger partial charge in [-0.05, 0) is 18.6 Å². The molecule has 3 aromatic rings. The second-order valence-corrected chi connectivity index (χ2v) is 6.19. The van der Waals surface area contributed by atoms with E-state index in [4.69, 9.17) is 5.73 Å². The fraction of sp³-hybridized carbons (Fsp3) is 0.294. The van der Waals surface area contributed by atoms with Gasteiger partial charge in [-0.25, -0.2) is 15.0 Å². The van der Waals surface area contributed by atoms with E-state index in [2.05, 4.69) is 30.2 Å². The summed E-state index contributed by atoms with van der Waals surface area (Å²) in [5.74, 6) is 0.245. The summed E-state index contributed by atoms with van der Waals surface area (Å²) in [5.41, 5.74) is 9.30. The van der Waals surface area contributed by atoms with Crippen molar-refractivity contribution < 1.29 is 4.79 Å². The third-order valence-electron chi connectivity index (χ3n) is 4.44. The number of nitrogens with one attached hydrogen (secondary N) is 2. The molecule has 1 amide bonds. The molecule has 25 heavy (non-hydrogen) atoms. The van der Waals surface area contributed by atoms with Crippen LogP contribution in [0.5, 0.6) is 0 Å². The minimum absolute atomic E-state index is 0.00511. The predicted molar refractivity (Wildman–Crippen MR) is 96.0 cm³/mol. The number of hydrogen-bond acceptors (Lipinski definition) is 6. The van der Waals surface area contributed by atoms with Crippen molar-refractivity contribution >= 4 is 28.6 Å². The van der Waals surface area contributed by atoms with Gasteiger partial charge in [-0.3, -0.25) is 4.79 Å². The number of H-pyrrole nitrogens is 1. The number of hydrogen-bond donors (Lipinski definition) is 3. The van der Waals surface area contributed by atoms with Crippen LogP contribution in [0.15, 0.2) is 30.7 Å². The fourth-order valence-corrected chi connectivity index (χ4v) is 3.41. The summed E-state index contributed by atoms with van der Waals surface area (Å²) in [5, 5.41) is 4.00. The molecule has 0 saturated carbocycles. The molecule has 4 N–H and O–H groups in total. The van der Waals surface area contributed by atoms with Crippen molar-refractivity contribution in [3.05, 3.63) is 30.7 Å². The zero-order chi connectivity index (χ0) is 17.4. The Bertz CT molecular complexity index is 936. The Morgan fingerprint density at radius 1 is 1.36 bits per heavy atom. The van der Waals surface area contributed by atoms with Gasteiger partial charge >= 0.3 is 0 Å². The van der Waals surface area contributed by atoms with E-state index in [1.54, 1.807) is 19.3 Å². The van der Waals surface area contributed by atoms with Crippen LogP contribution in [0.1, 0.15) is 13.3 Å². The molecule has 0 unspecified atom stereocenters. The van der Waals surface area contributed by atoms with Crippen LogP contribution in [0.2, 0.25) is 0 Å². The van der Waals surface area contributed by atoms with Crippen LogP contribution in [0.4, 0.5) is 11.6 Å². The first-order valence-electron chi connectivity index (χ1n) is 8.19. The molecule has 1 fully saturated rings. The monoisotopic (exact) mass is 337 g/mol. The largest absolute Gasteiger partial charge is 0.369 e. The zero-order valence-corrected chi connectivity index (χ0v) is 13.9. The van der Waals surface area contributed by atoms with Gasteiger partial charge in [-0.15, -0.1) is 0 Å². The van der Waals surface area contributed by atoms with Crippen molar-refractivity contribution in [3.8, 4) is 11.3 Å². The number of carbonyl (C=O) groups excluding carboxylic acids is 1. The molecule has 8 heteroatoms. The highest BCUT2D eigenvalue weighted by molar-refractivity contribution is 6.02. The number of pyridine rings is 1. The van der Waals surface area contributed by atoms with Crippen molar-refractivity contribution in [2.75, 3.05) is 23.7 Å². The van der Waals surface area contributed by atoms with Gasteiger partial charge in [0.2, 0.25) is 11.9 Å². The van der Waals surface area contributed by atoms with Gasteiger partial charge in [0.25, 0.3) is 0 Å². The Kier molecular flexibility index (Phi) is 3.72. The SMILES string of the molecule is CC(=O)N[C@H]1CCN(c2ccnc3[nH]cc(-c4ccnc(N)n4)c23)C1. The standard InChI is InChI=1S/C17H19N7O/c1-10(25)22-11-4-7-24(9-11)14-3-6-19-16-15(14)12(8-21-16)13-2-5-20-17(18)23-13/h2-3,5-6,8,11H,4,7,9H2,1H3,(H,19,21)(H,22,25)(H2,18,20,23)/t11-/m0/s1. The van der Waals surface area contributed by atoms with Crippen molar-refractivity contribution in [1.29, 1.82) is 0 Å². The Morgan fingerprint density at radius 2 is 2.20 bits per heavy atom. The summed E-state index contributed by atoms with van der Waals surface area (Å²) in [6.45, 7) is 3.20. The molecular formula is C17H19N7O. The Hall–Kier alpha value is -3.16. The fourth-order valence-electron chi connectivity index (χ4n) is 3.41. The van der Waals surface area contributed by atoms with Gasteiger partial charge in [0.15, 0.2) is 0 Å². The lowest BCUT2D eigenvalue weighted by Gasteiger charge is -2.20. The highest BCUT2D eigenvalue weighted by Gasteiger charge is 2.26. The minimum Gasteiger partial charge on any atom is -0.369 e. The summed E-state index contributed by atoms with van der Waals surface area (Å²) < 4.78 is 0. The Labute approximate surface area is 144 Å². The van der Waals surface area contributed by atoms with Crippen molar-refractivity contribution in [2.24, 2.45) is 0 Å². The van der Waals surface area contributed by atoms with Crippen LogP contribution in [0, 0.1) is 0 Å². The van der Waals surface area contributed by atoms with Crippen molar-refractivity contribution in [2.45, 2.75) is 19.4 Å². The van der Waals surface area contributed by atoms with E-state index in [1.165, 1.54) is 0 Å². The first-order chi connectivity index (χ1) is 12.1. The topological polar surface area (TPSA) is 113 Å². The van der Waals surface area contributed by atoms with Gasteiger partial charge < -0.3 is 20.9 Å². The lowest BCUT2D eigenvalue weighted by atomic mass is 10.1. The lowest BCUT2D eigenvalue weighted by molar-refractivity contribution is -0.119. The quantitative estimate of drug-likeness (QED) is 0.664. The van der Waals surface area contributed by atoms with Crippen LogP contribution >= 0.6 is 0 Å². The number of aromatic nitrogens is 4. The zero-order valence-electron chi connectivity index (χ0n) is 13.9. The Balaban J connectivity index is 1.75. The van der Waals surface area contributed by atoms with E-state index in [1.807, 2.05) is 18.3 Å². The maximum absolute atomic E-state index is 11.3. The molecule has 0 radical (unpaired) electrons. The van der Waals surface area contributed by atoms with Crippen LogP contribution in [0.25, 0.3) is 22.3 Å². The molecular weight excluding hydrogens is 318 g/mol. The van der Waals surface area contributed by atoms with Gasteiger partial charge in [0.1, 0.15) is 5.65 Å². The third kappa shape index (κ3) is 2.86. The van der Waals surface area contributed by atoms with Gasteiger partial charge in [-0.2, -0.15) is 0 Å². The molecule has 1 aliphatic heterocycles. The minimum atomic E-state index is 0.00511. The molecule has 128 valence electrons. The number of nitrogen functional groups attached to an aromatic ring is 1. The van der Waals surface area contributed by atoms with Crippen LogP contribution in [0.3, 0.4) is 0 Å². The molecule has 1 saturated heterocycles. The smallest absolute Gasteiger partial charge is 0.220 e. The lowest BCUT2D eigenvalue weighted by Crippen LogP contribution is -2.35.